The van der Waals surface area contributed by atoms with Gasteiger partial charge < -0.3 is 9.67 Å². The molecule has 8 nitrogen and oxygen atoms in total. The fourth-order valence-electron chi connectivity index (χ4n) is 3.22. The molecule has 1 saturated heterocycles. The van der Waals surface area contributed by atoms with E-state index in [9.17, 15) is 5.11 Å². The summed E-state index contributed by atoms with van der Waals surface area (Å²) in [5.41, 5.74) is 0. The number of piperidine rings is 1. The molecule has 126 valence electrons. The van der Waals surface area contributed by atoms with Gasteiger partial charge in [-0.15, -0.1) is 5.10 Å². The maximum Gasteiger partial charge on any atom is 0.165 e. The fraction of sp³-hybridized carbons (Fsp3) is 0.733. The number of imidazole rings is 1. The lowest BCUT2D eigenvalue weighted by Gasteiger charge is -2.33. The molecule has 8 heteroatoms. The summed E-state index contributed by atoms with van der Waals surface area (Å²) in [7, 11) is 1.92. The van der Waals surface area contributed by atoms with Crippen LogP contribution in [0.15, 0.2) is 12.4 Å². The number of aliphatic hydroxyl groups is 1. The van der Waals surface area contributed by atoms with E-state index < -0.39 is 6.10 Å². The van der Waals surface area contributed by atoms with Gasteiger partial charge in [-0.05, 0) is 56.1 Å². The van der Waals surface area contributed by atoms with E-state index in [1.165, 1.54) is 0 Å². The average Bonchev–Trinajstić information content (AvgIpc) is 3.16. The molecule has 23 heavy (non-hydrogen) atoms. The van der Waals surface area contributed by atoms with Crippen LogP contribution in [0.4, 0.5) is 0 Å². The molecule has 3 rings (SSSR count). The lowest BCUT2D eigenvalue weighted by molar-refractivity contribution is 0.0481. The highest BCUT2D eigenvalue weighted by Crippen LogP contribution is 2.30. The number of aromatic nitrogens is 6. The van der Waals surface area contributed by atoms with Crippen LogP contribution in [-0.2, 0) is 13.6 Å². The van der Waals surface area contributed by atoms with Crippen LogP contribution in [0.1, 0.15) is 50.5 Å². The monoisotopic (exact) mass is 319 g/mol. The van der Waals surface area contributed by atoms with E-state index in [0.717, 1.165) is 44.1 Å². The van der Waals surface area contributed by atoms with Gasteiger partial charge in [0.15, 0.2) is 5.82 Å². The van der Waals surface area contributed by atoms with Gasteiger partial charge in [-0.2, -0.15) is 0 Å². The molecule has 0 saturated carbocycles. The Morgan fingerprint density at radius 2 is 2.04 bits per heavy atom. The Morgan fingerprint density at radius 1 is 1.30 bits per heavy atom. The zero-order chi connectivity index (χ0) is 16.4. The molecule has 0 spiro atoms. The van der Waals surface area contributed by atoms with Crippen molar-refractivity contribution in [3.05, 3.63) is 24.0 Å². The first kappa shape index (κ1) is 16.1. The molecular weight excluding hydrogens is 294 g/mol. The lowest BCUT2D eigenvalue weighted by atomic mass is 9.90. The molecule has 0 unspecified atom stereocenters. The van der Waals surface area contributed by atoms with Crippen molar-refractivity contribution in [2.24, 2.45) is 13.0 Å². The van der Waals surface area contributed by atoms with Crippen LogP contribution in [0.5, 0.6) is 0 Å². The molecule has 1 aliphatic rings. The van der Waals surface area contributed by atoms with Crippen LogP contribution in [0, 0.1) is 5.92 Å². The first-order valence-corrected chi connectivity index (χ1v) is 8.20. The Labute approximate surface area is 136 Å². The summed E-state index contributed by atoms with van der Waals surface area (Å²) in [6.45, 7) is 6.80. The first-order chi connectivity index (χ1) is 11.1. The minimum absolute atomic E-state index is 0.258. The van der Waals surface area contributed by atoms with Gasteiger partial charge in [0.2, 0.25) is 0 Å². The van der Waals surface area contributed by atoms with Crippen molar-refractivity contribution in [3.63, 3.8) is 0 Å². The highest BCUT2D eigenvalue weighted by atomic mass is 16.3. The molecular formula is C15H25N7O. The first-order valence-electron chi connectivity index (χ1n) is 8.20. The maximum atomic E-state index is 10.5. The second-order valence-corrected chi connectivity index (χ2v) is 6.59. The van der Waals surface area contributed by atoms with Gasteiger partial charge >= 0.3 is 0 Å². The molecule has 2 aromatic heterocycles. The van der Waals surface area contributed by atoms with Crippen LogP contribution < -0.4 is 0 Å². The number of rotatable bonds is 5. The summed E-state index contributed by atoms with van der Waals surface area (Å²) < 4.78 is 3.77. The molecule has 1 aliphatic heterocycles. The van der Waals surface area contributed by atoms with Crippen molar-refractivity contribution in [1.29, 1.82) is 0 Å². The summed E-state index contributed by atoms with van der Waals surface area (Å²) in [6.07, 6.45) is 5.03. The van der Waals surface area contributed by atoms with Gasteiger partial charge in [-0.1, -0.05) is 0 Å². The molecule has 1 atom stereocenters. The third-order valence-electron chi connectivity index (χ3n) is 4.62. The molecule has 0 bridgehead atoms. The van der Waals surface area contributed by atoms with Crippen molar-refractivity contribution in [3.8, 4) is 0 Å². The lowest BCUT2D eigenvalue weighted by Crippen LogP contribution is -2.36. The fourth-order valence-corrected chi connectivity index (χ4v) is 3.22. The van der Waals surface area contributed by atoms with E-state index in [1.807, 2.05) is 22.5 Å². The summed E-state index contributed by atoms with van der Waals surface area (Å²) in [5.74, 6) is 1.92. The minimum atomic E-state index is -0.488. The second kappa shape index (κ2) is 6.76. The molecule has 0 aromatic carbocycles. The van der Waals surface area contributed by atoms with E-state index >= 15 is 0 Å². The van der Waals surface area contributed by atoms with Crippen molar-refractivity contribution < 1.29 is 5.11 Å². The molecule has 1 N–H and O–H groups in total. The summed E-state index contributed by atoms with van der Waals surface area (Å²) >= 11 is 0. The largest absolute Gasteiger partial charge is 0.385 e. The van der Waals surface area contributed by atoms with Crippen LogP contribution in [0.25, 0.3) is 0 Å². The molecule has 0 radical (unpaired) electrons. The summed E-state index contributed by atoms with van der Waals surface area (Å²) in [6, 6.07) is 0.266. The van der Waals surface area contributed by atoms with Crippen LogP contribution in [0.3, 0.4) is 0 Å². The number of aryl methyl sites for hydroxylation is 1. The molecule has 0 aliphatic carbocycles. The summed E-state index contributed by atoms with van der Waals surface area (Å²) in [5, 5.41) is 22.5. The molecule has 2 aromatic rings. The number of tetrazole rings is 1. The molecule has 0 amide bonds. The zero-order valence-electron chi connectivity index (χ0n) is 14.0. The van der Waals surface area contributed by atoms with Gasteiger partial charge in [0.05, 0.1) is 12.6 Å². The maximum absolute atomic E-state index is 10.5. The van der Waals surface area contributed by atoms with Gasteiger partial charge in [0.1, 0.15) is 11.9 Å². The van der Waals surface area contributed by atoms with E-state index in [0.29, 0.717) is 0 Å². The van der Waals surface area contributed by atoms with E-state index in [4.69, 9.17) is 0 Å². The van der Waals surface area contributed by atoms with E-state index in [-0.39, 0.29) is 12.0 Å². The normalized spacial score (nSPS) is 18.7. The third-order valence-corrected chi connectivity index (χ3v) is 4.62. The van der Waals surface area contributed by atoms with E-state index in [1.54, 1.807) is 6.20 Å². The van der Waals surface area contributed by atoms with Crippen LogP contribution >= 0.6 is 0 Å². The SMILES string of the molecule is CC(C)n1nnnc1CN1CCC([C@@H](O)c2nccn2C)CC1. The molecule has 3 heterocycles. The van der Waals surface area contributed by atoms with E-state index in [2.05, 4.69) is 39.3 Å². The Hall–Kier alpha value is -1.80. The van der Waals surface area contributed by atoms with Gasteiger partial charge in [0, 0.05) is 19.4 Å². The van der Waals surface area contributed by atoms with Crippen molar-refractivity contribution >= 4 is 0 Å². The third kappa shape index (κ3) is 3.42. The van der Waals surface area contributed by atoms with Crippen molar-refractivity contribution in [1.82, 2.24) is 34.7 Å². The Balaban J connectivity index is 1.56. The van der Waals surface area contributed by atoms with Crippen LogP contribution in [-0.4, -0.2) is 52.9 Å². The highest BCUT2D eigenvalue weighted by Gasteiger charge is 2.29. The van der Waals surface area contributed by atoms with Crippen molar-refractivity contribution in [2.75, 3.05) is 13.1 Å². The Morgan fingerprint density at radius 3 is 2.65 bits per heavy atom. The quantitative estimate of drug-likeness (QED) is 0.882. The Bertz CT molecular complexity index is 627. The second-order valence-electron chi connectivity index (χ2n) is 6.59. The average molecular weight is 319 g/mol. The highest BCUT2D eigenvalue weighted by molar-refractivity contribution is 4.98. The number of hydrogen-bond acceptors (Lipinski definition) is 6. The van der Waals surface area contributed by atoms with Gasteiger partial charge in [0.25, 0.3) is 0 Å². The van der Waals surface area contributed by atoms with Crippen LogP contribution in [0.2, 0.25) is 0 Å². The standard InChI is InChI=1S/C15H25N7O/c1-11(2)22-13(17-18-19-22)10-21-7-4-12(5-8-21)14(23)15-16-6-9-20(15)3/h6,9,11-12,14,23H,4-5,7-8,10H2,1-3H3/t14-/m1/s1. The number of aliphatic hydroxyl groups excluding tert-OH is 1. The summed E-state index contributed by atoms with van der Waals surface area (Å²) in [4.78, 5) is 6.62. The van der Waals surface area contributed by atoms with Gasteiger partial charge in [-0.25, -0.2) is 9.67 Å². The topological polar surface area (TPSA) is 84.9 Å². The minimum Gasteiger partial charge on any atom is -0.385 e. The van der Waals surface area contributed by atoms with Crippen molar-refractivity contribution in [2.45, 2.75) is 45.4 Å². The smallest absolute Gasteiger partial charge is 0.165 e. The number of hydrogen-bond donors (Lipinski definition) is 1. The Kier molecular flexibility index (Phi) is 4.72. The predicted octanol–water partition coefficient (Wildman–Crippen LogP) is 0.933. The predicted molar refractivity (Wildman–Crippen MR) is 84.4 cm³/mol. The number of nitrogens with zero attached hydrogens (tertiary/aromatic N) is 7. The van der Waals surface area contributed by atoms with Gasteiger partial charge in [-0.3, -0.25) is 4.90 Å². The molecule has 1 fully saturated rings. The zero-order valence-corrected chi connectivity index (χ0v) is 14.0. The number of likely N-dealkylation sites (tertiary alicyclic amines) is 1.